The zero-order valence-electron chi connectivity index (χ0n) is 10.8. The van der Waals surface area contributed by atoms with Crippen molar-refractivity contribution in [1.82, 2.24) is 0 Å². The van der Waals surface area contributed by atoms with Crippen LogP contribution in [0.2, 0.25) is 0 Å². The van der Waals surface area contributed by atoms with Crippen LogP contribution in [0.25, 0.3) is 0 Å². The summed E-state index contributed by atoms with van der Waals surface area (Å²) in [5.74, 6) is 1.24. The van der Waals surface area contributed by atoms with Crippen molar-refractivity contribution < 1.29 is 4.74 Å². The van der Waals surface area contributed by atoms with Gasteiger partial charge in [-0.25, -0.2) is 0 Å². The highest BCUT2D eigenvalue weighted by molar-refractivity contribution is 5.48. The molecule has 0 aliphatic heterocycles. The van der Waals surface area contributed by atoms with E-state index >= 15 is 0 Å². The lowest BCUT2D eigenvalue weighted by molar-refractivity contribution is 0.478. The number of nitrogens with zero attached hydrogens (tertiary/aromatic N) is 2. The van der Waals surface area contributed by atoms with Gasteiger partial charge < -0.3 is 4.74 Å². The second-order valence-electron chi connectivity index (χ2n) is 4.27. The molecule has 0 fully saturated rings. The molecule has 0 heterocycles. The molecule has 2 aromatic rings. The quantitative estimate of drug-likeness (QED) is 0.811. The van der Waals surface area contributed by atoms with Gasteiger partial charge in [0.25, 0.3) is 0 Å². The highest BCUT2D eigenvalue weighted by Crippen LogP contribution is 2.28. The molecule has 0 atom stereocenters. The lowest BCUT2D eigenvalue weighted by Crippen LogP contribution is -1.91. The third-order valence-electron chi connectivity index (χ3n) is 2.95. The monoisotopic (exact) mass is 248 g/mol. The van der Waals surface area contributed by atoms with Gasteiger partial charge >= 0.3 is 0 Å². The van der Waals surface area contributed by atoms with Gasteiger partial charge in [-0.1, -0.05) is 12.1 Å². The molecule has 0 saturated carbocycles. The lowest BCUT2D eigenvalue weighted by Gasteiger charge is -2.10. The Balaban J connectivity index is 2.42. The summed E-state index contributed by atoms with van der Waals surface area (Å²) in [5.41, 5.74) is 3.01. The van der Waals surface area contributed by atoms with Gasteiger partial charge in [-0.2, -0.15) is 10.5 Å². The summed E-state index contributed by atoms with van der Waals surface area (Å²) < 4.78 is 5.77. The Morgan fingerprint density at radius 3 is 2.16 bits per heavy atom. The highest BCUT2D eigenvalue weighted by Gasteiger charge is 2.06. The van der Waals surface area contributed by atoms with Crippen LogP contribution < -0.4 is 4.74 Å². The Morgan fingerprint density at radius 1 is 0.947 bits per heavy atom. The van der Waals surface area contributed by atoms with Crippen LogP contribution in [-0.4, -0.2) is 0 Å². The molecule has 19 heavy (non-hydrogen) atoms. The van der Waals surface area contributed by atoms with Crippen molar-refractivity contribution in [2.24, 2.45) is 0 Å². The van der Waals surface area contributed by atoms with Gasteiger partial charge in [-0.3, -0.25) is 0 Å². The fraction of sp³-hybridized carbons (Fsp3) is 0.125. The lowest BCUT2D eigenvalue weighted by atomic mass is 10.1. The van der Waals surface area contributed by atoms with Crippen molar-refractivity contribution in [2.75, 3.05) is 0 Å². The molecule has 0 aliphatic carbocycles. The van der Waals surface area contributed by atoms with Crippen LogP contribution in [0.1, 0.15) is 22.3 Å². The van der Waals surface area contributed by atoms with Gasteiger partial charge in [-0.05, 0) is 49.2 Å². The van der Waals surface area contributed by atoms with Crippen molar-refractivity contribution in [1.29, 1.82) is 10.5 Å². The first kappa shape index (κ1) is 12.7. The SMILES string of the molecule is Cc1cccc(Oc2cc(C#N)cc(C#N)c2)c1C. The van der Waals surface area contributed by atoms with Crippen molar-refractivity contribution in [3.63, 3.8) is 0 Å². The van der Waals surface area contributed by atoms with Crippen LogP contribution in [0.15, 0.2) is 36.4 Å². The van der Waals surface area contributed by atoms with Gasteiger partial charge in [0.15, 0.2) is 0 Å². The normalized spacial score (nSPS) is 9.47. The van der Waals surface area contributed by atoms with Gasteiger partial charge in [-0.15, -0.1) is 0 Å². The Bertz CT molecular complexity index is 673. The first-order valence-electron chi connectivity index (χ1n) is 5.83. The minimum atomic E-state index is 0.416. The molecule has 92 valence electrons. The van der Waals surface area contributed by atoms with Gasteiger partial charge in [0, 0.05) is 0 Å². The first-order chi connectivity index (χ1) is 9.13. The van der Waals surface area contributed by atoms with E-state index in [1.807, 2.05) is 44.2 Å². The average Bonchev–Trinajstić information content (AvgIpc) is 2.43. The molecule has 0 bridgehead atoms. The zero-order valence-corrected chi connectivity index (χ0v) is 10.8. The summed E-state index contributed by atoms with van der Waals surface area (Å²) in [5, 5.41) is 17.9. The maximum Gasteiger partial charge on any atom is 0.130 e. The Morgan fingerprint density at radius 2 is 1.58 bits per heavy atom. The molecule has 0 saturated heterocycles. The highest BCUT2D eigenvalue weighted by atomic mass is 16.5. The molecular weight excluding hydrogens is 236 g/mol. The predicted molar refractivity (Wildman–Crippen MR) is 71.9 cm³/mol. The summed E-state index contributed by atoms with van der Waals surface area (Å²) in [6, 6.07) is 14.6. The molecule has 0 radical (unpaired) electrons. The molecule has 2 aromatic carbocycles. The minimum absolute atomic E-state index is 0.416. The van der Waals surface area contributed by atoms with E-state index < -0.39 is 0 Å². The van der Waals surface area contributed by atoms with Crippen molar-refractivity contribution in [3.8, 4) is 23.6 Å². The Labute approximate surface area is 112 Å². The Hall–Kier alpha value is -2.78. The summed E-state index contributed by atoms with van der Waals surface area (Å²) in [6.45, 7) is 3.98. The van der Waals surface area contributed by atoms with Crippen LogP contribution >= 0.6 is 0 Å². The van der Waals surface area contributed by atoms with Crippen LogP contribution in [-0.2, 0) is 0 Å². The maximum absolute atomic E-state index is 8.93. The second-order valence-corrected chi connectivity index (χ2v) is 4.27. The minimum Gasteiger partial charge on any atom is -0.457 e. The fourth-order valence-corrected chi connectivity index (χ4v) is 1.75. The van der Waals surface area contributed by atoms with E-state index in [1.54, 1.807) is 12.1 Å². The molecule has 0 unspecified atom stereocenters. The van der Waals surface area contributed by atoms with Crippen molar-refractivity contribution >= 4 is 0 Å². The summed E-state index contributed by atoms with van der Waals surface area (Å²) in [6.07, 6.45) is 0. The molecule has 3 nitrogen and oxygen atoms in total. The van der Waals surface area contributed by atoms with Crippen molar-refractivity contribution in [3.05, 3.63) is 58.7 Å². The number of benzene rings is 2. The molecular formula is C16H12N2O. The second kappa shape index (κ2) is 5.25. The molecule has 0 amide bonds. The van der Waals surface area contributed by atoms with Crippen LogP contribution in [0, 0.1) is 36.5 Å². The maximum atomic E-state index is 8.93. The molecule has 0 spiro atoms. The number of hydrogen-bond donors (Lipinski definition) is 0. The van der Waals surface area contributed by atoms with Crippen molar-refractivity contribution in [2.45, 2.75) is 13.8 Å². The number of aryl methyl sites for hydroxylation is 1. The summed E-state index contributed by atoms with van der Waals surface area (Å²) in [4.78, 5) is 0. The number of nitriles is 2. The van der Waals surface area contributed by atoms with E-state index in [0.717, 1.165) is 16.9 Å². The molecule has 0 aliphatic rings. The van der Waals surface area contributed by atoms with Gasteiger partial charge in [0.2, 0.25) is 0 Å². The number of ether oxygens (including phenoxy) is 1. The topological polar surface area (TPSA) is 56.8 Å². The molecule has 3 heteroatoms. The molecule has 0 N–H and O–H groups in total. The van der Waals surface area contributed by atoms with Crippen LogP contribution in [0.3, 0.4) is 0 Å². The average molecular weight is 248 g/mol. The largest absolute Gasteiger partial charge is 0.457 e. The third-order valence-corrected chi connectivity index (χ3v) is 2.95. The first-order valence-corrected chi connectivity index (χ1v) is 5.83. The van der Waals surface area contributed by atoms with E-state index in [4.69, 9.17) is 15.3 Å². The molecule has 0 aromatic heterocycles. The number of hydrogen-bond acceptors (Lipinski definition) is 3. The van der Waals surface area contributed by atoms with E-state index in [0.29, 0.717) is 16.9 Å². The summed E-state index contributed by atoms with van der Waals surface area (Å²) >= 11 is 0. The predicted octanol–water partition coefficient (Wildman–Crippen LogP) is 3.84. The smallest absolute Gasteiger partial charge is 0.130 e. The number of rotatable bonds is 2. The van der Waals surface area contributed by atoms with Crippen LogP contribution in [0.5, 0.6) is 11.5 Å². The zero-order chi connectivity index (χ0) is 13.8. The van der Waals surface area contributed by atoms with E-state index in [-0.39, 0.29) is 0 Å². The van der Waals surface area contributed by atoms with E-state index in [1.165, 1.54) is 6.07 Å². The Kier molecular flexibility index (Phi) is 3.50. The fourth-order valence-electron chi connectivity index (χ4n) is 1.75. The standard InChI is InChI=1S/C16H12N2O/c1-11-4-3-5-16(12(11)2)19-15-7-13(9-17)6-14(8-15)10-18/h3-8H,1-2H3. The molecule has 2 rings (SSSR count). The third kappa shape index (κ3) is 2.73. The van der Waals surface area contributed by atoms with Gasteiger partial charge in [0.05, 0.1) is 23.3 Å². The summed E-state index contributed by atoms with van der Waals surface area (Å²) in [7, 11) is 0. The van der Waals surface area contributed by atoms with E-state index in [2.05, 4.69) is 0 Å². The van der Waals surface area contributed by atoms with E-state index in [9.17, 15) is 0 Å². The van der Waals surface area contributed by atoms with Crippen LogP contribution in [0.4, 0.5) is 0 Å². The van der Waals surface area contributed by atoms with Gasteiger partial charge in [0.1, 0.15) is 11.5 Å².